The number of aryl methyl sites for hydroxylation is 1. The smallest absolute Gasteiger partial charge is 0.161 e. The Bertz CT molecular complexity index is 559. The molecule has 2 aromatic rings. The molecule has 0 unspecified atom stereocenters. The lowest BCUT2D eigenvalue weighted by atomic mass is 9.97. The molecule has 0 saturated carbocycles. The molecule has 0 aliphatic carbocycles. The SMILES string of the molecule is COc1ccc(-c2cccc(C)c2C)cc1OC. The fourth-order valence-electron chi connectivity index (χ4n) is 2.07. The van der Waals surface area contributed by atoms with Crippen molar-refractivity contribution in [3.8, 4) is 22.6 Å². The molecule has 0 fully saturated rings. The first kappa shape index (κ1) is 12.5. The van der Waals surface area contributed by atoms with E-state index in [9.17, 15) is 0 Å². The summed E-state index contributed by atoms with van der Waals surface area (Å²) in [5.41, 5.74) is 4.97. The highest BCUT2D eigenvalue weighted by Crippen LogP contribution is 2.34. The Kier molecular flexibility index (Phi) is 3.56. The molecule has 0 N–H and O–H groups in total. The molecule has 0 aliphatic heterocycles. The van der Waals surface area contributed by atoms with Crippen molar-refractivity contribution in [2.24, 2.45) is 0 Å². The van der Waals surface area contributed by atoms with E-state index in [2.05, 4.69) is 38.1 Å². The Morgan fingerprint density at radius 1 is 0.833 bits per heavy atom. The van der Waals surface area contributed by atoms with Crippen molar-refractivity contribution in [1.82, 2.24) is 0 Å². The van der Waals surface area contributed by atoms with Crippen molar-refractivity contribution in [2.75, 3.05) is 14.2 Å². The van der Waals surface area contributed by atoms with E-state index >= 15 is 0 Å². The van der Waals surface area contributed by atoms with Crippen LogP contribution in [0.15, 0.2) is 36.4 Å². The summed E-state index contributed by atoms with van der Waals surface area (Å²) in [5.74, 6) is 1.52. The minimum atomic E-state index is 0.756. The fourth-order valence-corrected chi connectivity index (χ4v) is 2.07. The lowest BCUT2D eigenvalue weighted by molar-refractivity contribution is 0.355. The standard InChI is InChI=1S/C16H18O2/c1-11-6-5-7-14(12(11)2)13-8-9-15(17-3)16(10-13)18-4/h5-10H,1-4H3. The highest BCUT2D eigenvalue weighted by molar-refractivity contribution is 5.71. The van der Waals surface area contributed by atoms with Crippen molar-refractivity contribution in [3.05, 3.63) is 47.5 Å². The van der Waals surface area contributed by atoms with Crippen molar-refractivity contribution >= 4 is 0 Å². The van der Waals surface area contributed by atoms with Crippen LogP contribution in [0, 0.1) is 13.8 Å². The zero-order valence-corrected chi connectivity index (χ0v) is 11.3. The van der Waals surface area contributed by atoms with Gasteiger partial charge in [0.25, 0.3) is 0 Å². The predicted molar refractivity (Wildman–Crippen MR) is 74.5 cm³/mol. The van der Waals surface area contributed by atoms with Crippen LogP contribution in [-0.2, 0) is 0 Å². The average molecular weight is 242 g/mol. The summed E-state index contributed by atoms with van der Waals surface area (Å²) >= 11 is 0. The second-order valence-electron chi connectivity index (χ2n) is 4.32. The number of rotatable bonds is 3. The van der Waals surface area contributed by atoms with Gasteiger partial charge in [0.15, 0.2) is 11.5 Å². The van der Waals surface area contributed by atoms with Crippen LogP contribution in [0.3, 0.4) is 0 Å². The molecule has 2 heteroatoms. The van der Waals surface area contributed by atoms with Gasteiger partial charge in [-0.2, -0.15) is 0 Å². The number of benzene rings is 2. The van der Waals surface area contributed by atoms with E-state index < -0.39 is 0 Å². The Morgan fingerprint density at radius 2 is 1.56 bits per heavy atom. The monoisotopic (exact) mass is 242 g/mol. The maximum Gasteiger partial charge on any atom is 0.161 e. The molecule has 0 heterocycles. The maximum absolute atomic E-state index is 5.34. The molecule has 0 aromatic heterocycles. The Hall–Kier alpha value is -1.96. The lowest BCUT2D eigenvalue weighted by Gasteiger charge is -2.12. The predicted octanol–water partition coefficient (Wildman–Crippen LogP) is 3.99. The molecule has 0 spiro atoms. The highest BCUT2D eigenvalue weighted by atomic mass is 16.5. The van der Waals surface area contributed by atoms with Crippen LogP contribution in [0.1, 0.15) is 11.1 Å². The van der Waals surface area contributed by atoms with Gasteiger partial charge in [0, 0.05) is 0 Å². The minimum Gasteiger partial charge on any atom is -0.493 e. The van der Waals surface area contributed by atoms with Crippen LogP contribution in [0.25, 0.3) is 11.1 Å². The van der Waals surface area contributed by atoms with E-state index in [0.717, 1.165) is 17.1 Å². The summed E-state index contributed by atoms with van der Waals surface area (Å²) in [6.45, 7) is 4.26. The summed E-state index contributed by atoms with van der Waals surface area (Å²) in [7, 11) is 3.31. The quantitative estimate of drug-likeness (QED) is 0.810. The Morgan fingerprint density at radius 3 is 2.22 bits per heavy atom. The topological polar surface area (TPSA) is 18.5 Å². The van der Waals surface area contributed by atoms with Gasteiger partial charge in [0.2, 0.25) is 0 Å². The van der Waals surface area contributed by atoms with Gasteiger partial charge in [0.1, 0.15) is 0 Å². The maximum atomic E-state index is 5.34. The van der Waals surface area contributed by atoms with E-state index in [-0.39, 0.29) is 0 Å². The van der Waals surface area contributed by atoms with E-state index in [1.54, 1.807) is 14.2 Å². The summed E-state index contributed by atoms with van der Waals surface area (Å²) in [5, 5.41) is 0. The zero-order chi connectivity index (χ0) is 13.1. The van der Waals surface area contributed by atoms with Gasteiger partial charge < -0.3 is 9.47 Å². The van der Waals surface area contributed by atoms with Gasteiger partial charge in [-0.15, -0.1) is 0 Å². The molecule has 0 atom stereocenters. The van der Waals surface area contributed by atoms with Gasteiger partial charge in [-0.3, -0.25) is 0 Å². The highest BCUT2D eigenvalue weighted by Gasteiger charge is 2.08. The molecule has 0 amide bonds. The third kappa shape index (κ3) is 2.19. The minimum absolute atomic E-state index is 0.756. The van der Waals surface area contributed by atoms with Gasteiger partial charge in [-0.05, 0) is 48.2 Å². The fraction of sp³-hybridized carbons (Fsp3) is 0.250. The van der Waals surface area contributed by atoms with Crippen LogP contribution in [0.2, 0.25) is 0 Å². The van der Waals surface area contributed by atoms with Gasteiger partial charge in [0.05, 0.1) is 14.2 Å². The second-order valence-corrected chi connectivity index (χ2v) is 4.32. The van der Waals surface area contributed by atoms with Crippen LogP contribution in [0.5, 0.6) is 11.5 Å². The van der Waals surface area contributed by atoms with Crippen LogP contribution < -0.4 is 9.47 Å². The van der Waals surface area contributed by atoms with Crippen molar-refractivity contribution in [2.45, 2.75) is 13.8 Å². The number of methoxy groups -OCH3 is 2. The second kappa shape index (κ2) is 5.13. The summed E-state index contributed by atoms with van der Waals surface area (Å²) in [6.07, 6.45) is 0. The lowest BCUT2D eigenvalue weighted by Crippen LogP contribution is -1.92. The van der Waals surface area contributed by atoms with E-state index in [4.69, 9.17) is 9.47 Å². The van der Waals surface area contributed by atoms with Crippen LogP contribution >= 0.6 is 0 Å². The van der Waals surface area contributed by atoms with Gasteiger partial charge in [-0.1, -0.05) is 24.3 Å². The van der Waals surface area contributed by atoms with Gasteiger partial charge in [-0.25, -0.2) is 0 Å². The third-order valence-electron chi connectivity index (χ3n) is 3.30. The third-order valence-corrected chi connectivity index (χ3v) is 3.30. The van der Waals surface area contributed by atoms with E-state index in [1.807, 2.05) is 12.1 Å². The Balaban J connectivity index is 2.54. The molecular weight excluding hydrogens is 224 g/mol. The first-order chi connectivity index (χ1) is 8.67. The molecule has 0 saturated heterocycles. The Labute approximate surface area is 108 Å². The summed E-state index contributed by atoms with van der Waals surface area (Å²) in [4.78, 5) is 0. The zero-order valence-electron chi connectivity index (χ0n) is 11.3. The van der Waals surface area contributed by atoms with Crippen molar-refractivity contribution < 1.29 is 9.47 Å². The van der Waals surface area contributed by atoms with Gasteiger partial charge >= 0.3 is 0 Å². The normalized spacial score (nSPS) is 10.2. The van der Waals surface area contributed by atoms with E-state index in [0.29, 0.717) is 0 Å². The number of hydrogen-bond donors (Lipinski definition) is 0. The average Bonchev–Trinajstić information content (AvgIpc) is 2.41. The molecule has 2 nitrogen and oxygen atoms in total. The first-order valence-electron chi connectivity index (χ1n) is 5.96. The molecule has 0 aliphatic rings. The largest absolute Gasteiger partial charge is 0.493 e. The molecule has 2 aromatic carbocycles. The molecule has 2 rings (SSSR count). The van der Waals surface area contributed by atoms with Crippen LogP contribution in [-0.4, -0.2) is 14.2 Å². The molecule has 0 radical (unpaired) electrons. The molecular formula is C16H18O2. The summed E-state index contributed by atoms with van der Waals surface area (Å²) < 4.78 is 10.6. The van der Waals surface area contributed by atoms with Crippen molar-refractivity contribution in [3.63, 3.8) is 0 Å². The molecule has 0 bridgehead atoms. The number of ether oxygens (including phenoxy) is 2. The first-order valence-corrected chi connectivity index (χ1v) is 5.96. The molecule has 94 valence electrons. The number of hydrogen-bond acceptors (Lipinski definition) is 2. The van der Waals surface area contributed by atoms with E-state index in [1.165, 1.54) is 16.7 Å². The molecule has 18 heavy (non-hydrogen) atoms. The van der Waals surface area contributed by atoms with Crippen molar-refractivity contribution in [1.29, 1.82) is 0 Å². The summed E-state index contributed by atoms with van der Waals surface area (Å²) in [6, 6.07) is 12.3. The van der Waals surface area contributed by atoms with Crippen LogP contribution in [0.4, 0.5) is 0 Å².